The van der Waals surface area contributed by atoms with Crippen molar-refractivity contribution in [1.29, 1.82) is 0 Å². The fraction of sp³-hybridized carbons (Fsp3) is 0.211. The molecule has 1 atom stereocenters. The number of carbonyl (C=O) groups excluding carboxylic acids is 1. The summed E-state index contributed by atoms with van der Waals surface area (Å²) in [7, 11) is 0. The number of carbonyl (C=O) groups is 1. The fourth-order valence-corrected chi connectivity index (χ4v) is 2.92. The van der Waals surface area contributed by atoms with E-state index in [1.165, 1.54) is 10.9 Å². The summed E-state index contributed by atoms with van der Waals surface area (Å²) in [4.78, 5) is 15.6. The van der Waals surface area contributed by atoms with Gasteiger partial charge in [-0.1, -0.05) is 54.9 Å². The molecule has 0 aliphatic heterocycles. The first kappa shape index (κ1) is 15.6. The number of nitrogens with one attached hydrogen (secondary N) is 2. The van der Waals surface area contributed by atoms with Gasteiger partial charge < -0.3 is 10.3 Å². The van der Waals surface area contributed by atoms with Crippen molar-refractivity contribution in [3.8, 4) is 0 Å². The van der Waals surface area contributed by atoms with Crippen molar-refractivity contribution in [3.63, 3.8) is 0 Å². The van der Waals surface area contributed by atoms with Crippen molar-refractivity contribution in [2.24, 2.45) is 5.92 Å². The lowest BCUT2D eigenvalue weighted by Gasteiger charge is -2.12. The lowest BCUT2D eigenvalue weighted by Crippen LogP contribution is -2.29. The lowest BCUT2D eigenvalue weighted by atomic mass is 10.00. The number of amides is 1. The normalized spacial score (nSPS) is 12.3. The van der Waals surface area contributed by atoms with Crippen LogP contribution in [0.25, 0.3) is 10.9 Å². The Morgan fingerprint density at radius 1 is 1.13 bits per heavy atom. The first-order chi connectivity index (χ1) is 11.1. The summed E-state index contributed by atoms with van der Waals surface area (Å²) in [5.41, 5.74) is 3.20. The van der Waals surface area contributed by atoms with Gasteiger partial charge in [-0.15, -0.1) is 0 Å². The van der Waals surface area contributed by atoms with E-state index in [-0.39, 0.29) is 11.8 Å². The first-order valence-corrected chi connectivity index (χ1v) is 8.09. The molecule has 3 aromatic rings. The van der Waals surface area contributed by atoms with Gasteiger partial charge in [0, 0.05) is 34.6 Å². The fourth-order valence-electron chi connectivity index (χ4n) is 2.72. The molecule has 0 bridgehead atoms. The predicted molar refractivity (Wildman–Crippen MR) is 94.5 cm³/mol. The molecule has 0 saturated carbocycles. The van der Waals surface area contributed by atoms with Crippen LogP contribution in [0.2, 0.25) is 5.02 Å². The van der Waals surface area contributed by atoms with Crippen molar-refractivity contribution in [3.05, 3.63) is 70.9 Å². The minimum Gasteiger partial charge on any atom is -0.361 e. The zero-order valence-corrected chi connectivity index (χ0v) is 13.7. The van der Waals surface area contributed by atoms with Crippen molar-refractivity contribution >= 4 is 28.4 Å². The average Bonchev–Trinajstić information content (AvgIpc) is 2.97. The van der Waals surface area contributed by atoms with Gasteiger partial charge in [-0.2, -0.15) is 0 Å². The van der Waals surface area contributed by atoms with Gasteiger partial charge in [-0.25, -0.2) is 0 Å². The summed E-state index contributed by atoms with van der Waals surface area (Å²) in [6.07, 6.45) is 2.70. The van der Waals surface area contributed by atoms with Gasteiger partial charge in [0.15, 0.2) is 0 Å². The molecular weight excluding hydrogens is 308 g/mol. The van der Waals surface area contributed by atoms with Crippen molar-refractivity contribution in [2.75, 3.05) is 0 Å². The third-order valence-electron chi connectivity index (χ3n) is 4.06. The molecule has 1 heterocycles. The van der Waals surface area contributed by atoms with Crippen LogP contribution < -0.4 is 5.32 Å². The molecule has 0 aliphatic carbocycles. The predicted octanol–water partition coefficient (Wildman–Crippen LogP) is 4.32. The highest BCUT2D eigenvalue weighted by atomic mass is 35.5. The van der Waals surface area contributed by atoms with Crippen LogP contribution in [-0.4, -0.2) is 10.9 Å². The molecule has 1 unspecified atom stereocenters. The van der Waals surface area contributed by atoms with E-state index in [2.05, 4.69) is 16.4 Å². The molecule has 2 aromatic carbocycles. The van der Waals surface area contributed by atoms with Crippen LogP contribution in [0.4, 0.5) is 0 Å². The quantitative estimate of drug-likeness (QED) is 0.720. The molecule has 4 heteroatoms. The van der Waals surface area contributed by atoms with Crippen LogP contribution in [0.1, 0.15) is 18.1 Å². The number of halogens is 1. The van der Waals surface area contributed by atoms with E-state index in [9.17, 15) is 4.79 Å². The Balaban J connectivity index is 1.63. The molecule has 1 amide bonds. The summed E-state index contributed by atoms with van der Waals surface area (Å²) >= 11 is 6.11. The molecular formula is C19H19ClN2O. The summed E-state index contributed by atoms with van der Waals surface area (Å²) in [6.45, 7) is 2.40. The Labute approximate surface area is 140 Å². The second kappa shape index (κ2) is 6.88. The van der Waals surface area contributed by atoms with Crippen LogP contribution in [0.3, 0.4) is 0 Å². The molecule has 0 saturated heterocycles. The van der Waals surface area contributed by atoms with Crippen LogP contribution >= 0.6 is 11.6 Å². The third-order valence-corrected chi connectivity index (χ3v) is 4.43. The third kappa shape index (κ3) is 3.57. The summed E-state index contributed by atoms with van der Waals surface area (Å²) in [5.74, 6) is -0.0631. The van der Waals surface area contributed by atoms with Gasteiger partial charge >= 0.3 is 0 Å². The Kier molecular flexibility index (Phi) is 4.68. The van der Waals surface area contributed by atoms with Crippen LogP contribution in [-0.2, 0) is 17.8 Å². The van der Waals surface area contributed by atoms with Crippen molar-refractivity contribution in [2.45, 2.75) is 19.9 Å². The van der Waals surface area contributed by atoms with Gasteiger partial charge in [-0.3, -0.25) is 4.79 Å². The molecule has 1 aromatic heterocycles. The lowest BCUT2D eigenvalue weighted by molar-refractivity contribution is -0.124. The Bertz CT molecular complexity index is 825. The summed E-state index contributed by atoms with van der Waals surface area (Å²) in [5, 5.41) is 4.82. The van der Waals surface area contributed by atoms with E-state index >= 15 is 0 Å². The SMILES string of the molecule is CC(Cc1c[nH]c2ccccc12)C(=O)NCc1ccccc1Cl. The number of rotatable bonds is 5. The van der Waals surface area contributed by atoms with Gasteiger partial charge in [0.25, 0.3) is 0 Å². The van der Waals surface area contributed by atoms with Gasteiger partial charge in [0.2, 0.25) is 5.91 Å². The number of para-hydroxylation sites is 1. The molecule has 3 rings (SSSR count). The number of aromatic amines is 1. The Morgan fingerprint density at radius 2 is 1.87 bits per heavy atom. The highest BCUT2D eigenvalue weighted by molar-refractivity contribution is 6.31. The van der Waals surface area contributed by atoms with Crippen LogP contribution in [0.5, 0.6) is 0 Å². The Hall–Kier alpha value is -2.26. The first-order valence-electron chi connectivity index (χ1n) is 7.71. The average molecular weight is 327 g/mol. The Morgan fingerprint density at radius 3 is 2.70 bits per heavy atom. The maximum atomic E-state index is 12.3. The zero-order valence-electron chi connectivity index (χ0n) is 13.0. The van der Waals surface area contributed by atoms with E-state index in [4.69, 9.17) is 11.6 Å². The zero-order chi connectivity index (χ0) is 16.2. The van der Waals surface area contributed by atoms with Gasteiger partial charge in [0.05, 0.1) is 0 Å². The monoisotopic (exact) mass is 326 g/mol. The molecule has 0 aliphatic rings. The van der Waals surface area contributed by atoms with Crippen molar-refractivity contribution < 1.29 is 4.79 Å². The van der Waals surface area contributed by atoms with E-state index in [0.29, 0.717) is 18.0 Å². The van der Waals surface area contributed by atoms with E-state index in [0.717, 1.165) is 11.1 Å². The number of hydrogen-bond acceptors (Lipinski definition) is 1. The summed E-state index contributed by atoms with van der Waals surface area (Å²) < 4.78 is 0. The van der Waals surface area contributed by atoms with E-state index in [1.807, 2.05) is 55.6 Å². The van der Waals surface area contributed by atoms with E-state index < -0.39 is 0 Å². The topological polar surface area (TPSA) is 44.9 Å². The molecule has 0 radical (unpaired) electrons. The second-order valence-corrected chi connectivity index (χ2v) is 6.18. The van der Waals surface area contributed by atoms with E-state index in [1.54, 1.807) is 0 Å². The van der Waals surface area contributed by atoms with Crippen LogP contribution in [0, 0.1) is 5.92 Å². The molecule has 3 nitrogen and oxygen atoms in total. The number of aromatic nitrogens is 1. The molecule has 118 valence electrons. The van der Waals surface area contributed by atoms with Crippen molar-refractivity contribution in [1.82, 2.24) is 10.3 Å². The van der Waals surface area contributed by atoms with Gasteiger partial charge in [-0.05, 0) is 29.7 Å². The number of H-pyrrole nitrogens is 1. The second-order valence-electron chi connectivity index (χ2n) is 5.77. The highest BCUT2D eigenvalue weighted by Gasteiger charge is 2.15. The van der Waals surface area contributed by atoms with Crippen LogP contribution in [0.15, 0.2) is 54.7 Å². The maximum absolute atomic E-state index is 12.3. The minimum atomic E-state index is -0.100. The minimum absolute atomic E-state index is 0.0372. The molecule has 0 spiro atoms. The molecule has 23 heavy (non-hydrogen) atoms. The number of benzene rings is 2. The summed E-state index contributed by atoms with van der Waals surface area (Å²) in [6, 6.07) is 15.7. The standard InChI is InChI=1S/C19H19ClN2O/c1-13(10-15-12-21-18-9-5-3-7-16(15)18)19(23)22-11-14-6-2-4-8-17(14)20/h2-9,12-13,21H,10-11H2,1H3,(H,22,23). The smallest absolute Gasteiger partial charge is 0.223 e. The highest BCUT2D eigenvalue weighted by Crippen LogP contribution is 2.21. The number of fused-ring (bicyclic) bond motifs is 1. The molecule has 2 N–H and O–H groups in total. The molecule has 0 fully saturated rings. The largest absolute Gasteiger partial charge is 0.361 e. The van der Waals surface area contributed by atoms with Gasteiger partial charge in [0.1, 0.15) is 0 Å². The maximum Gasteiger partial charge on any atom is 0.223 e. The number of hydrogen-bond donors (Lipinski definition) is 2.